The number of furan rings is 1. The molecule has 0 aliphatic carbocycles. The molecule has 1 aromatic heterocycles. The van der Waals surface area contributed by atoms with Crippen LogP contribution in [-0.2, 0) is 9.59 Å². The number of hydrogen-bond acceptors (Lipinski definition) is 5. The molecule has 6 heteroatoms. The summed E-state index contributed by atoms with van der Waals surface area (Å²) in [4.78, 5) is 29.6. The standard InChI is InChI=1S/C24H30N2O4/c1-5-25(6-2)14-7-15-26-21(19-13-10-17(4)30-19)20(23(28)24(26)29)22(27)18-11-8-16(3)9-12-18/h8-13,21,27H,5-7,14-15H2,1-4H3. The molecular weight excluding hydrogens is 380 g/mol. The van der Waals surface area contributed by atoms with Gasteiger partial charge >= 0.3 is 0 Å². The second kappa shape index (κ2) is 9.30. The predicted molar refractivity (Wildman–Crippen MR) is 116 cm³/mol. The summed E-state index contributed by atoms with van der Waals surface area (Å²) in [5.74, 6) is -0.256. The second-order valence-electron chi connectivity index (χ2n) is 7.69. The van der Waals surface area contributed by atoms with Crippen LogP contribution in [0, 0.1) is 13.8 Å². The van der Waals surface area contributed by atoms with Gasteiger partial charge in [0.2, 0.25) is 0 Å². The first-order chi connectivity index (χ1) is 14.4. The summed E-state index contributed by atoms with van der Waals surface area (Å²) in [5.41, 5.74) is 1.64. The Morgan fingerprint density at radius 2 is 1.73 bits per heavy atom. The van der Waals surface area contributed by atoms with E-state index in [9.17, 15) is 14.7 Å². The first-order valence-electron chi connectivity index (χ1n) is 10.5. The van der Waals surface area contributed by atoms with Gasteiger partial charge in [0.15, 0.2) is 0 Å². The van der Waals surface area contributed by atoms with Crippen molar-refractivity contribution in [2.45, 2.75) is 40.2 Å². The topological polar surface area (TPSA) is 74.0 Å². The maximum atomic E-state index is 12.9. The zero-order valence-electron chi connectivity index (χ0n) is 18.1. The summed E-state index contributed by atoms with van der Waals surface area (Å²) in [6.07, 6.45) is 0.732. The van der Waals surface area contributed by atoms with Crippen molar-refractivity contribution in [2.24, 2.45) is 0 Å². The summed E-state index contributed by atoms with van der Waals surface area (Å²) < 4.78 is 5.80. The van der Waals surface area contributed by atoms with Crippen molar-refractivity contribution in [3.8, 4) is 0 Å². The number of Topliss-reactive ketones (excluding diaryl/α,β-unsaturated/α-hetero) is 1. The SMILES string of the molecule is CCN(CC)CCCN1C(=O)C(=O)C(=C(O)c2ccc(C)cc2)C1c1ccc(C)o1. The summed E-state index contributed by atoms with van der Waals surface area (Å²) in [6.45, 7) is 11.1. The Hall–Kier alpha value is -2.86. The molecule has 1 fully saturated rings. The molecule has 1 unspecified atom stereocenters. The third-order valence-corrected chi connectivity index (χ3v) is 5.66. The summed E-state index contributed by atoms with van der Waals surface area (Å²) >= 11 is 0. The van der Waals surface area contributed by atoms with Gasteiger partial charge in [0.1, 0.15) is 23.3 Å². The lowest BCUT2D eigenvalue weighted by Crippen LogP contribution is -2.33. The monoisotopic (exact) mass is 410 g/mol. The van der Waals surface area contributed by atoms with Crippen molar-refractivity contribution in [2.75, 3.05) is 26.2 Å². The summed E-state index contributed by atoms with van der Waals surface area (Å²) in [6, 6.07) is 10.1. The Bertz CT molecular complexity index is 938. The lowest BCUT2D eigenvalue weighted by atomic mass is 9.99. The summed E-state index contributed by atoms with van der Waals surface area (Å²) in [7, 11) is 0. The fourth-order valence-corrected chi connectivity index (χ4v) is 3.88. The average Bonchev–Trinajstić information content (AvgIpc) is 3.27. The fourth-order valence-electron chi connectivity index (χ4n) is 3.88. The third kappa shape index (κ3) is 4.33. The van der Waals surface area contributed by atoms with Gasteiger partial charge < -0.3 is 19.3 Å². The molecule has 1 aliphatic rings. The maximum Gasteiger partial charge on any atom is 0.295 e. The van der Waals surface area contributed by atoms with E-state index in [4.69, 9.17) is 4.42 Å². The van der Waals surface area contributed by atoms with Gasteiger partial charge in [-0.25, -0.2) is 0 Å². The molecule has 3 rings (SSSR count). The normalized spacial score (nSPS) is 18.6. The van der Waals surface area contributed by atoms with E-state index in [0.29, 0.717) is 23.6 Å². The number of benzene rings is 1. The van der Waals surface area contributed by atoms with Crippen molar-refractivity contribution in [3.05, 3.63) is 64.6 Å². The van der Waals surface area contributed by atoms with Crippen molar-refractivity contribution < 1.29 is 19.1 Å². The lowest BCUT2D eigenvalue weighted by Gasteiger charge is -2.25. The van der Waals surface area contributed by atoms with Crippen LogP contribution in [0.25, 0.3) is 5.76 Å². The van der Waals surface area contributed by atoms with Crippen LogP contribution in [0.5, 0.6) is 0 Å². The lowest BCUT2D eigenvalue weighted by molar-refractivity contribution is -0.140. The Labute approximate surface area is 177 Å². The highest BCUT2D eigenvalue weighted by Crippen LogP contribution is 2.40. The van der Waals surface area contributed by atoms with Gasteiger partial charge in [-0.1, -0.05) is 43.7 Å². The molecule has 2 heterocycles. The Balaban J connectivity index is 1.99. The smallest absolute Gasteiger partial charge is 0.295 e. The van der Waals surface area contributed by atoms with E-state index in [1.165, 1.54) is 4.90 Å². The predicted octanol–water partition coefficient (Wildman–Crippen LogP) is 4.05. The number of carbonyl (C=O) groups excluding carboxylic acids is 2. The van der Waals surface area contributed by atoms with Gasteiger partial charge in [-0.05, 0) is 52.0 Å². The van der Waals surface area contributed by atoms with Gasteiger partial charge in [-0.15, -0.1) is 0 Å². The minimum absolute atomic E-state index is 0.0843. The van der Waals surface area contributed by atoms with Crippen LogP contribution in [0.3, 0.4) is 0 Å². The van der Waals surface area contributed by atoms with Crippen LogP contribution in [0.1, 0.15) is 49.0 Å². The van der Waals surface area contributed by atoms with E-state index < -0.39 is 17.7 Å². The molecule has 0 bridgehead atoms. The molecule has 1 amide bonds. The fraction of sp³-hybridized carbons (Fsp3) is 0.417. The number of likely N-dealkylation sites (tertiary alicyclic amines) is 1. The second-order valence-corrected chi connectivity index (χ2v) is 7.69. The first kappa shape index (κ1) is 21.8. The largest absolute Gasteiger partial charge is 0.507 e. The van der Waals surface area contributed by atoms with Gasteiger partial charge in [0.25, 0.3) is 11.7 Å². The quantitative estimate of drug-likeness (QED) is 0.404. The van der Waals surface area contributed by atoms with Gasteiger partial charge in [-0.3, -0.25) is 9.59 Å². The molecule has 1 N–H and O–H groups in total. The van der Waals surface area contributed by atoms with Crippen LogP contribution in [0.2, 0.25) is 0 Å². The summed E-state index contributed by atoms with van der Waals surface area (Å²) in [5, 5.41) is 11.0. The zero-order valence-corrected chi connectivity index (χ0v) is 18.1. The van der Waals surface area contributed by atoms with E-state index >= 15 is 0 Å². The number of ketones is 1. The maximum absolute atomic E-state index is 12.9. The highest BCUT2D eigenvalue weighted by molar-refractivity contribution is 6.46. The van der Waals surface area contributed by atoms with Crippen LogP contribution < -0.4 is 0 Å². The van der Waals surface area contributed by atoms with Crippen molar-refractivity contribution in [1.29, 1.82) is 0 Å². The van der Waals surface area contributed by atoms with E-state index in [-0.39, 0.29) is 11.3 Å². The molecule has 1 aromatic carbocycles. The Morgan fingerprint density at radius 1 is 1.07 bits per heavy atom. The molecule has 30 heavy (non-hydrogen) atoms. The third-order valence-electron chi connectivity index (χ3n) is 5.66. The molecule has 1 atom stereocenters. The molecule has 0 radical (unpaired) electrons. The molecular formula is C24H30N2O4. The molecule has 6 nitrogen and oxygen atoms in total. The van der Waals surface area contributed by atoms with Crippen molar-refractivity contribution in [3.63, 3.8) is 0 Å². The van der Waals surface area contributed by atoms with Crippen LogP contribution in [-0.4, -0.2) is 52.8 Å². The molecule has 2 aromatic rings. The molecule has 0 spiro atoms. The molecule has 0 saturated carbocycles. The van der Waals surface area contributed by atoms with Crippen LogP contribution in [0.15, 0.2) is 46.4 Å². The van der Waals surface area contributed by atoms with Crippen molar-refractivity contribution >= 4 is 17.4 Å². The number of nitrogens with zero attached hydrogens (tertiary/aromatic N) is 2. The van der Waals surface area contributed by atoms with Crippen LogP contribution in [0.4, 0.5) is 0 Å². The number of rotatable bonds is 8. The number of aliphatic hydroxyl groups is 1. The number of hydrogen-bond donors (Lipinski definition) is 1. The van der Waals surface area contributed by atoms with E-state index in [2.05, 4.69) is 18.7 Å². The van der Waals surface area contributed by atoms with Gasteiger partial charge in [0.05, 0.1) is 5.57 Å². The minimum Gasteiger partial charge on any atom is -0.507 e. The number of aryl methyl sites for hydroxylation is 2. The van der Waals surface area contributed by atoms with Crippen molar-refractivity contribution in [1.82, 2.24) is 9.80 Å². The molecule has 160 valence electrons. The highest BCUT2D eigenvalue weighted by atomic mass is 16.3. The number of carbonyl (C=O) groups is 2. The zero-order chi connectivity index (χ0) is 21.8. The Morgan fingerprint density at radius 3 is 2.30 bits per heavy atom. The molecule has 1 saturated heterocycles. The number of aliphatic hydroxyl groups excluding tert-OH is 1. The Kier molecular flexibility index (Phi) is 6.77. The minimum atomic E-state index is -0.725. The van der Waals surface area contributed by atoms with E-state index in [1.54, 1.807) is 24.3 Å². The average molecular weight is 411 g/mol. The highest BCUT2D eigenvalue weighted by Gasteiger charge is 2.47. The number of amides is 1. The van der Waals surface area contributed by atoms with Gasteiger partial charge in [0, 0.05) is 12.1 Å². The van der Waals surface area contributed by atoms with E-state index in [1.807, 2.05) is 26.0 Å². The first-order valence-corrected chi connectivity index (χ1v) is 10.5. The van der Waals surface area contributed by atoms with E-state index in [0.717, 1.165) is 31.6 Å². The van der Waals surface area contributed by atoms with Gasteiger partial charge in [-0.2, -0.15) is 0 Å². The molecule has 1 aliphatic heterocycles. The van der Waals surface area contributed by atoms with Crippen LogP contribution >= 0.6 is 0 Å².